The van der Waals surface area contributed by atoms with E-state index in [1.54, 1.807) is 0 Å². The Kier molecular flexibility index (Phi) is 3.93. The highest BCUT2D eigenvalue weighted by Crippen LogP contribution is 2.32. The highest BCUT2D eigenvalue weighted by molar-refractivity contribution is 7.93. The normalized spacial score (nSPS) is 14.3. The zero-order valence-electron chi connectivity index (χ0n) is 15.3. The molecule has 0 spiro atoms. The predicted octanol–water partition coefficient (Wildman–Crippen LogP) is 3.12. The number of aromatic nitrogens is 3. The molecule has 7 nitrogen and oxygen atoms in total. The third-order valence-electron chi connectivity index (χ3n) is 4.75. The number of hydrogen-bond donors (Lipinski definition) is 1. The summed E-state index contributed by atoms with van der Waals surface area (Å²) in [5.41, 5.74) is 4.19. The molecule has 2 aromatic heterocycles. The van der Waals surface area contributed by atoms with Crippen LogP contribution in [0.3, 0.4) is 0 Å². The van der Waals surface area contributed by atoms with Crippen molar-refractivity contribution >= 4 is 26.7 Å². The highest BCUT2D eigenvalue weighted by Gasteiger charge is 2.37. The van der Waals surface area contributed by atoms with Crippen LogP contribution in [0.15, 0.2) is 24.4 Å². The molecule has 0 atom stereocenters. The van der Waals surface area contributed by atoms with Gasteiger partial charge in [-0.3, -0.25) is 4.72 Å². The summed E-state index contributed by atoms with van der Waals surface area (Å²) >= 11 is 0. The zero-order chi connectivity index (χ0) is 19.3. The van der Waals surface area contributed by atoms with E-state index in [9.17, 15) is 13.7 Å². The maximum Gasteiger partial charge on any atom is 0.236 e. The number of fused-ring (bicyclic) bond motifs is 1. The van der Waals surface area contributed by atoms with Crippen molar-refractivity contribution in [3.8, 4) is 11.9 Å². The van der Waals surface area contributed by atoms with Crippen LogP contribution < -0.4 is 4.72 Å². The number of rotatable bonds is 4. The minimum Gasteiger partial charge on any atom is -0.266 e. The number of pyridine rings is 1. The fraction of sp³-hybridized carbons (Fsp3) is 0.316. The summed E-state index contributed by atoms with van der Waals surface area (Å²) in [5.74, 6) is 0.613. The van der Waals surface area contributed by atoms with Crippen molar-refractivity contribution in [3.63, 3.8) is 0 Å². The average molecular weight is 381 g/mol. The summed E-state index contributed by atoms with van der Waals surface area (Å²) in [4.78, 5) is 4.70. The van der Waals surface area contributed by atoms with Gasteiger partial charge < -0.3 is 0 Å². The van der Waals surface area contributed by atoms with Crippen LogP contribution in [0.1, 0.15) is 35.1 Å². The molecule has 0 saturated heterocycles. The fourth-order valence-electron chi connectivity index (χ4n) is 3.23. The second kappa shape index (κ2) is 6.06. The van der Waals surface area contributed by atoms with Crippen molar-refractivity contribution in [2.75, 3.05) is 4.72 Å². The molecule has 0 aliphatic heterocycles. The molecule has 0 unspecified atom stereocenters. The van der Waals surface area contributed by atoms with Crippen molar-refractivity contribution in [3.05, 3.63) is 46.6 Å². The third-order valence-corrected chi connectivity index (χ3v) is 6.58. The van der Waals surface area contributed by atoms with E-state index in [-0.39, 0.29) is 11.4 Å². The van der Waals surface area contributed by atoms with E-state index in [0.717, 1.165) is 27.6 Å². The van der Waals surface area contributed by atoms with Gasteiger partial charge in [0.1, 0.15) is 11.6 Å². The molecule has 2 heterocycles. The van der Waals surface area contributed by atoms with E-state index < -0.39 is 15.3 Å². The van der Waals surface area contributed by atoms with Gasteiger partial charge in [-0.15, -0.1) is 0 Å². The van der Waals surface area contributed by atoms with Gasteiger partial charge in [0.05, 0.1) is 17.0 Å². The molecule has 4 rings (SSSR count). The van der Waals surface area contributed by atoms with Crippen molar-refractivity contribution in [2.45, 2.75) is 38.9 Å². The van der Waals surface area contributed by atoms with Crippen molar-refractivity contribution in [1.29, 1.82) is 5.26 Å². The first-order chi connectivity index (χ1) is 12.8. The van der Waals surface area contributed by atoms with Gasteiger partial charge in [0.2, 0.25) is 10.0 Å². The van der Waals surface area contributed by atoms with Gasteiger partial charge in [-0.2, -0.15) is 15.0 Å². The smallest absolute Gasteiger partial charge is 0.236 e. The highest BCUT2D eigenvalue weighted by atomic mass is 32.2. The first kappa shape index (κ1) is 17.5. The SMILES string of the molecule is Cc1cc(C)c2nc(-n3ncc(C#N)c3NS(=O)(=O)C3CC3)cc(C)c2c1. The lowest BCUT2D eigenvalue weighted by Gasteiger charge is -2.13. The standard InChI is InChI=1S/C19H19N5O2S/c1-11-6-13(3)18-16(7-11)12(2)8-17(22-18)24-19(14(9-20)10-21-24)23-27(25,26)15-4-5-15/h6-8,10,15,23H,4-5H2,1-3H3. The summed E-state index contributed by atoms with van der Waals surface area (Å²) in [7, 11) is -3.53. The fourth-order valence-corrected chi connectivity index (χ4v) is 4.62. The lowest BCUT2D eigenvalue weighted by Crippen LogP contribution is -2.20. The Morgan fingerprint density at radius 3 is 2.59 bits per heavy atom. The molecule has 27 heavy (non-hydrogen) atoms. The monoisotopic (exact) mass is 381 g/mol. The Morgan fingerprint density at radius 1 is 1.19 bits per heavy atom. The summed E-state index contributed by atoms with van der Waals surface area (Å²) in [6.45, 7) is 6.01. The number of hydrogen-bond acceptors (Lipinski definition) is 5. The van der Waals surface area contributed by atoms with Crippen LogP contribution in [0, 0.1) is 32.1 Å². The number of nitriles is 1. The van der Waals surface area contributed by atoms with Crippen LogP contribution in [-0.4, -0.2) is 28.4 Å². The summed E-state index contributed by atoms with van der Waals surface area (Å²) < 4.78 is 28.7. The largest absolute Gasteiger partial charge is 0.266 e. The Bertz CT molecular complexity index is 1220. The number of benzene rings is 1. The summed E-state index contributed by atoms with van der Waals surface area (Å²) in [6, 6.07) is 7.98. The molecule has 1 aliphatic carbocycles. The Labute approximate surface area is 157 Å². The predicted molar refractivity (Wildman–Crippen MR) is 103 cm³/mol. The number of sulfonamides is 1. The van der Waals surface area contributed by atoms with Gasteiger partial charge in [-0.05, 0) is 56.9 Å². The molecule has 1 saturated carbocycles. The molecule has 138 valence electrons. The van der Waals surface area contributed by atoms with Crippen molar-refractivity contribution in [2.24, 2.45) is 0 Å². The van der Waals surface area contributed by atoms with E-state index in [1.807, 2.05) is 32.9 Å². The first-order valence-electron chi connectivity index (χ1n) is 8.69. The molecule has 8 heteroatoms. The molecular formula is C19H19N5O2S. The van der Waals surface area contributed by atoms with Crippen LogP contribution in [0.4, 0.5) is 5.82 Å². The van der Waals surface area contributed by atoms with Crippen molar-refractivity contribution in [1.82, 2.24) is 14.8 Å². The van der Waals surface area contributed by atoms with Crippen LogP contribution in [0.2, 0.25) is 0 Å². The molecule has 0 radical (unpaired) electrons. The number of nitrogens with zero attached hydrogens (tertiary/aromatic N) is 4. The molecule has 0 bridgehead atoms. The van der Waals surface area contributed by atoms with E-state index in [1.165, 1.54) is 10.9 Å². The average Bonchev–Trinajstić information content (AvgIpc) is 3.39. The molecular weight excluding hydrogens is 362 g/mol. The van der Waals surface area contributed by atoms with Gasteiger partial charge in [0.25, 0.3) is 0 Å². The van der Waals surface area contributed by atoms with E-state index in [0.29, 0.717) is 18.7 Å². The maximum absolute atomic E-state index is 12.4. The van der Waals surface area contributed by atoms with Gasteiger partial charge in [-0.25, -0.2) is 13.4 Å². The topological polar surface area (TPSA) is 101 Å². The minimum absolute atomic E-state index is 0.139. The zero-order valence-corrected chi connectivity index (χ0v) is 16.1. The Morgan fingerprint density at radius 2 is 1.93 bits per heavy atom. The third kappa shape index (κ3) is 3.04. The lowest BCUT2D eigenvalue weighted by molar-refractivity contribution is 0.599. The van der Waals surface area contributed by atoms with E-state index in [4.69, 9.17) is 4.98 Å². The second-order valence-electron chi connectivity index (χ2n) is 7.05. The lowest BCUT2D eigenvalue weighted by atomic mass is 10.0. The quantitative estimate of drug-likeness (QED) is 0.748. The number of anilines is 1. The minimum atomic E-state index is -3.53. The van der Waals surface area contributed by atoms with Gasteiger partial charge in [0, 0.05) is 5.39 Å². The molecule has 1 N–H and O–H groups in total. The molecule has 0 amide bonds. The van der Waals surface area contributed by atoms with Crippen LogP contribution >= 0.6 is 0 Å². The maximum atomic E-state index is 12.4. The number of nitrogens with one attached hydrogen (secondary N) is 1. The molecule has 1 aliphatic rings. The van der Waals surface area contributed by atoms with Gasteiger partial charge >= 0.3 is 0 Å². The Hall–Kier alpha value is -2.92. The van der Waals surface area contributed by atoms with Gasteiger partial charge in [-0.1, -0.05) is 11.6 Å². The van der Waals surface area contributed by atoms with Gasteiger partial charge in [0.15, 0.2) is 11.6 Å². The van der Waals surface area contributed by atoms with Crippen LogP contribution in [0.25, 0.3) is 16.7 Å². The summed E-state index contributed by atoms with van der Waals surface area (Å²) in [5, 5.41) is 14.2. The van der Waals surface area contributed by atoms with E-state index in [2.05, 4.69) is 22.0 Å². The first-order valence-corrected chi connectivity index (χ1v) is 10.2. The van der Waals surface area contributed by atoms with Crippen molar-refractivity contribution < 1.29 is 8.42 Å². The van der Waals surface area contributed by atoms with Crippen LogP contribution in [-0.2, 0) is 10.0 Å². The molecule has 1 aromatic carbocycles. The van der Waals surface area contributed by atoms with E-state index >= 15 is 0 Å². The molecule has 1 fully saturated rings. The number of aryl methyl sites for hydroxylation is 3. The summed E-state index contributed by atoms with van der Waals surface area (Å²) in [6.07, 6.45) is 2.63. The molecule has 3 aromatic rings. The Balaban J connectivity index is 1.89. The van der Waals surface area contributed by atoms with Crippen LogP contribution in [0.5, 0.6) is 0 Å². The second-order valence-corrected chi connectivity index (χ2v) is 9.01.